The standard InChI is InChI=1S/C18H28O2/c1-6-16(19)18-14(9-11(2)3)10-13(5)15(18)8-7-12(4)17(18)20/h9,12-15H,6-8,10H2,1-5H3/t12-,13-,14+,15+,18-/m0/s1. The monoisotopic (exact) mass is 276 g/mol. The van der Waals surface area contributed by atoms with E-state index in [0.717, 1.165) is 19.3 Å². The second kappa shape index (κ2) is 5.46. The van der Waals surface area contributed by atoms with Crippen molar-refractivity contribution < 1.29 is 9.59 Å². The van der Waals surface area contributed by atoms with Crippen molar-refractivity contribution in [2.24, 2.45) is 29.1 Å². The van der Waals surface area contributed by atoms with Crippen molar-refractivity contribution in [1.82, 2.24) is 0 Å². The van der Waals surface area contributed by atoms with Gasteiger partial charge in [-0.3, -0.25) is 9.59 Å². The number of ketones is 2. The minimum absolute atomic E-state index is 0.0418. The maximum atomic E-state index is 13.0. The highest BCUT2D eigenvalue weighted by atomic mass is 16.2. The number of rotatable bonds is 3. The third kappa shape index (κ3) is 2.08. The van der Waals surface area contributed by atoms with E-state index < -0.39 is 5.41 Å². The molecule has 2 fully saturated rings. The SMILES string of the molecule is CCC(=O)[C@@]12C(=O)[C@@H](C)CC[C@@H]1[C@@H](C)C[C@H]2C=C(C)C. The van der Waals surface area contributed by atoms with Crippen LogP contribution >= 0.6 is 0 Å². The van der Waals surface area contributed by atoms with Crippen LogP contribution in [-0.4, -0.2) is 11.6 Å². The van der Waals surface area contributed by atoms with Gasteiger partial charge in [-0.15, -0.1) is 0 Å². The summed E-state index contributed by atoms with van der Waals surface area (Å²) in [4.78, 5) is 25.8. The van der Waals surface area contributed by atoms with Crippen LogP contribution in [0.3, 0.4) is 0 Å². The van der Waals surface area contributed by atoms with Crippen LogP contribution in [0.2, 0.25) is 0 Å². The van der Waals surface area contributed by atoms with Crippen molar-refractivity contribution in [2.45, 2.75) is 60.3 Å². The molecule has 0 unspecified atom stereocenters. The van der Waals surface area contributed by atoms with Gasteiger partial charge in [0.05, 0.1) is 5.41 Å². The van der Waals surface area contributed by atoms with Crippen LogP contribution in [0.1, 0.15) is 60.3 Å². The molecule has 2 nitrogen and oxygen atoms in total. The first kappa shape index (κ1) is 15.5. The first-order chi connectivity index (χ1) is 9.35. The molecule has 2 saturated carbocycles. The Balaban J connectivity index is 2.57. The normalized spacial score (nSPS) is 40.4. The maximum Gasteiger partial charge on any atom is 0.150 e. The van der Waals surface area contributed by atoms with E-state index in [2.05, 4.69) is 26.8 Å². The van der Waals surface area contributed by atoms with Gasteiger partial charge >= 0.3 is 0 Å². The minimum Gasteiger partial charge on any atom is -0.299 e. The van der Waals surface area contributed by atoms with Crippen molar-refractivity contribution in [1.29, 1.82) is 0 Å². The first-order valence-corrected chi connectivity index (χ1v) is 8.08. The Morgan fingerprint density at radius 3 is 2.50 bits per heavy atom. The third-order valence-corrected chi connectivity index (χ3v) is 5.57. The predicted octanol–water partition coefficient (Wildman–Crippen LogP) is 4.19. The number of hydrogen-bond acceptors (Lipinski definition) is 2. The molecule has 0 N–H and O–H groups in total. The van der Waals surface area contributed by atoms with Crippen LogP contribution in [0.4, 0.5) is 0 Å². The number of fused-ring (bicyclic) bond motifs is 1. The zero-order valence-electron chi connectivity index (χ0n) is 13.5. The second-order valence-electron chi connectivity index (χ2n) is 7.16. The molecule has 0 amide bonds. The third-order valence-electron chi connectivity index (χ3n) is 5.57. The fourth-order valence-corrected chi connectivity index (χ4v) is 4.77. The highest BCUT2D eigenvalue weighted by Gasteiger charge is 2.63. The number of carbonyl (C=O) groups is 2. The van der Waals surface area contributed by atoms with E-state index in [0.29, 0.717) is 12.3 Å². The summed E-state index contributed by atoms with van der Waals surface area (Å²) in [6.45, 7) is 10.3. The van der Waals surface area contributed by atoms with Gasteiger partial charge in [0, 0.05) is 12.3 Å². The summed E-state index contributed by atoms with van der Waals surface area (Å²) in [6, 6.07) is 0. The van der Waals surface area contributed by atoms with E-state index in [1.165, 1.54) is 5.57 Å². The van der Waals surface area contributed by atoms with E-state index in [-0.39, 0.29) is 29.3 Å². The zero-order valence-corrected chi connectivity index (χ0v) is 13.5. The molecule has 0 heterocycles. The van der Waals surface area contributed by atoms with Gasteiger partial charge < -0.3 is 0 Å². The smallest absolute Gasteiger partial charge is 0.150 e. The predicted molar refractivity (Wildman–Crippen MR) is 81.3 cm³/mol. The summed E-state index contributed by atoms with van der Waals surface area (Å²) in [5.41, 5.74) is 0.514. The molecule has 0 spiro atoms. The molecule has 0 aromatic rings. The summed E-state index contributed by atoms with van der Waals surface area (Å²) in [5, 5.41) is 0. The number of Topliss-reactive ketones (excluding diaryl/α,β-unsaturated/α-hetero) is 2. The van der Waals surface area contributed by atoms with E-state index in [1.807, 2.05) is 13.8 Å². The Bertz CT molecular complexity index is 444. The Kier molecular flexibility index (Phi) is 4.22. The molecule has 112 valence electrons. The summed E-state index contributed by atoms with van der Waals surface area (Å²) in [5.74, 6) is 1.32. The van der Waals surface area contributed by atoms with Gasteiger partial charge in [0.1, 0.15) is 11.6 Å². The molecule has 20 heavy (non-hydrogen) atoms. The van der Waals surface area contributed by atoms with Gasteiger partial charge in [0.2, 0.25) is 0 Å². The zero-order chi connectivity index (χ0) is 15.1. The summed E-state index contributed by atoms with van der Waals surface area (Å²) in [6.07, 6.45) is 5.65. The fraction of sp³-hybridized carbons (Fsp3) is 0.778. The molecule has 5 atom stereocenters. The largest absolute Gasteiger partial charge is 0.299 e. The molecule has 2 aliphatic carbocycles. The van der Waals surface area contributed by atoms with Gasteiger partial charge in [-0.05, 0) is 50.9 Å². The lowest BCUT2D eigenvalue weighted by molar-refractivity contribution is -0.151. The Labute approximate surface area is 123 Å². The second-order valence-corrected chi connectivity index (χ2v) is 7.16. The molecule has 0 aromatic carbocycles. The molecule has 0 saturated heterocycles. The van der Waals surface area contributed by atoms with Gasteiger partial charge in [-0.25, -0.2) is 0 Å². The van der Waals surface area contributed by atoms with Crippen molar-refractivity contribution in [3.8, 4) is 0 Å². The highest BCUT2D eigenvalue weighted by Crippen LogP contribution is 2.59. The van der Waals surface area contributed by atoms with Gasteiger partial charge in [-0.1, -0.05) is 32.4 Å². The molecule has 0 bridgehead atoms. The van der Waals surface area contributed by atoms with Crippen LogP contribution in [-0.2, 0) is 9.59 Å². The molecule has 0 aliphatic heterocycles. The summed E-state index contributed by atoms with van der Waals surface area (Å²) >= 11 is 0. The Morgan fingerprint density at radius 1 is 1.30 bits per heavy atom. The Morgan fingerprint density at radius 2 is 1.95 bits per heavy atom. The van der Waals surface area contributed by atoms with Gasteiger partial charge in [-0.2, -0.15) is 0 Å². The molecule has 2 rings (SSSR count). The lowest BCUT2D eigenvalue weighted by atomic mass is 9.57. The fourth-order valence-electron chi connectivity index (χ4n) is 4.77. The molecule has 0 aromatic heterocycles. The van der Waals surface area contributed by atoms with Crippen molar-refractivity contribution in [3.63, 3.8) is 0 Å². The average molecular weight is 276 g/mol. The van der Waals surface area contributed by atoms with Crippen molar-refractivity contribution in [3.05, 3.63) is 11.6 Å². The van der Waals surface area contributed by atoms with Gasteiger partial charge in [0.15, 0.2) is 0 Å². The maximum absolute atomic E-state index is 13.0. The molecular weight excluding hydrogens is 248 g/mol. The summed E-state index contributed by atoms with van der Waals surface area (Å²) in [7, 11) is 0. The molecular formula is C18H28O2. The minimum atomic E-state index is -0.705. The van der Waals surface area contributed by atoms with Gasteiger partial charge in [0.25, 0.3) is 0 Å². The quantitative estimate of drug-likeness (QED) is 0.572. The van der Waals surface area contributed by atoms with Crippen LogP contribution < -0.4 is 0 Å². The molecule has 2 aliphatic rings. The lowest BCUT2D eigenvalue weighted by Crippen LogP contribution is -2.52. The molecule has 0 radical (unpaired) electrons. The number of hydrogen-bond donors (Lipinski definition) is 0. The van der Waals surface area contributed by atoms with E-state index in [4.69, 9.17) is 0 Å². The van der Waals surface area contributed by atoms with E-state index in [1.54, 1.807) is 0 Å². The van der Waals surface area contributed by atoms with E-state index in [9.17, 15) is 9.59 Å². The van der Waals surface area contributed by atoms with E-state index >= 15 is 0 Å². The lowest BCUT2D eigenvalue weighted by Gasteiger charge is -2.43. The number of allylic oxidation sites excluding steroid dienone is 2. The highest BCUT2D eigenvalue weighted by molar-refractivity contribution is 6.09. The topological polar surface area (TPSA) is 34.1 Å². The number of carbonyl (C=O) groups excluding carboxylic acids is 2. The van der Waals surface area contributed by atoms with Crippen molar-refractivity contribution >= 4 is 11.6 Å². The Hall–Kier alpha value is -0.920. The molecule has 2 heteroatoms. The summed E-state index contributed by atoms with van der Waals surface area (Å²) < 4.78 is 0. The van der Waals surface area contributed by atoms with Crippen LogP contribution in [0, 0.1) is 29.1 Å². The van der Waals surface area contributed by atoms with Crippen LogP contribution in [0.5, 0.6) is 0 Å². The van der Waals surface area contributed by atoms with Crippen LogP contribution in [0.25, 0.3) is 0 Å². The average Bonchev–Trinajstić information content (AvgIpc) is 2.66. The first-order valence-electron chi connectivity index (χ1n) is 8.08. The van der Waals surface area contributed by atoms with Crippen LogP contribution in [0.15, 0.2) is 11.6 Å². The van der Waals surface area contributed by atoms with Crippen molar-refractivity contribution in [2.75, 3.05) is 0 Å².